The van der Waals surface area contributed by atoms with Crippen LogP contribution in [-0.2, 0) is 4.79 Å². The van der Waals surface area contributed by atoms with E-state index in [-0.39, 0.29) is 5.92 Å². The van der Waals surface area contributed by atoms with Gasteiger partial charge in [0.1, 0.15) is 5.75 Å². The van der Waals surface area contributed by atoms with Gasteiger partial charge in [-0.05, 0) is 51.2 Å². The third-order valence-electron chi connectivity index (χ3n) is 5.75. The maximum atomic E-state index is 12.6. The van der Waals surface area contributed by atoms with Gasteiger partial charge in [0, 0.05) is 44.6 Å². The van der Waals surface area contributed by atoms with Gasteiger partial charge in [-0.15, -0.1) is 0 Å². The average Bonchev–Trinajstić information content (AvgIpc) is 2.76. The standard InChI is InChI=1S/C24H40N4O2/c1-5-20(6-2)23(29)28-16-13-21(14-17-28)27-24(25-7-3)26-15-10-18-30-22-12-9-8-11-19(22)4/h8-9,11-12,20-21H,5-7,10,13-18H2,1-4H3,(H2,25,26,27). The minimum atomic E-state index is 0.176. The summed E-state index contributed by atoms with van der Waals surface area (Å²) in [6.07, 6.45) is 4.66. The first-order valence-corrected chi connectivity index (χ1v) is 11.6. The smallest absolute Gasteiger partial charge is 0.225 e. The van der Waals surface area contributed by atoms with E-state index < -0.39 is 0 Å². The molecule has 1 saturated heterocycles. The monoisotopic (exact) mass is 416 g/mol. The van der Waals surface area contributed by atoms with E-state index in [9.17, 15) is 4.79 Å². The van der Waals surface area contributed by atoms with Crippen molar-refractivity contribution < 1.29 is 9.53 Å². The molecule has 1 aliphatic rings. The minimum Gasteiger partial charge on any atom is -0.493 e. The van der Waals surface area contributed by atoms with Crippen molar-refractivity contribution in [1.29, 1.82) is 0 Å². The van der Waals surface area contributed by atoms with Crippen LogP contribution in [0.2, 0.25) is 0 Å². The highest BCUT2D eigenvalue weighted by molar-refractivity contribution is 5.80. The van der Waals surface area contributed by atoms with Gasteiger partial charge in [0.2, 0.25) is 5.91 Å². The highest BCUT2D eigenvalue weighted by Gasteiger charge is 2.26. The summed E-state index contributed by atoms with van der Waals surface area (Å²) in [5.41, 5.74) is 1.16. The van der Waals surface area contributed by atoms with Crippen LogP contribution in [0.1, 0.15) is 58.4 Å². The molecule has 6 heteroatoms. The van der Waals surface area contributed by atoms with Crippen LogP contribution in [0.5, 0.6) is 5.75 Å². The minimum absolute atomic E-state index is 0.176. The zero-order valence-electron chi connectivity index (χ0n) is 19.2. The molecule has 0 spiro atoms. The van der Waals surface area contributed by atoms with Crippen molar-refractivity contribution in [2.75, 3.05) is 32.8 Å². The molecule has 30 heavy (non-hydrogen) atoms. The Morgan fingerprint density at radius 1 is 1.20 bits per heavy atom. The Morgan fingerprint density at radius 3 is 2.53 bits per heavy atom. The Morgan fingerprint density at radius 2 is 1.90 bits per heavy atom. The van der Waals surface area contributed by atoms with Crippen LogP contribution in [0.15, 0.2) is 29.3 Å². The molecule has 1 fully saturated rings. The van der Waals surface area contributed by atoms with Crippen molar-refractivity contribution >= 4 is 11.9 Å². The summed E-state index contributed by atoms with van der Waals surface area (Å²) in [6, 6.07) is 8.44. The van der Waals surface area contributed by atoms with E-state index >= 15 is 0 Å². The van der Waals surface area contributed by atoms with Gasteiger partial charge in [-0.25, -0.2) is 0 Å². The van der Waals surface area contributed by atoms with Gasteiger partial charge in [0.15, 0.2) is 5.96 Å². The number of nitrogens with one attached hydrogen (secondary N) is 2. The molecule has 168 valence electrons. The Kier molecular flexibility index (Phi) is 10.5. The Labute approximate surface area is 182 Å². The molecule has 0 saturated carbocycles. The molecule has 0 bridgehead atoms. The number of likely N-dealkylation sites (tertiary alicyclic amines) is 1. The lowest BCUT2D eigenvalue weighted by molar-refractivity contribution is -0.136. The lowest BCUT2D eigenvalue weighted by Gasteiger charge is -2.34. The topological polar surface area (TPSA) is 66.0 Å². The predicted octanol–water partition coefficient (Wildman–Crippen LogP) is 3.75. The van der Waals surface area contributed by atoms with E-state index in [2.05, 4.69) is 44.4 Å². The van der Waals surface area contributed by atoms with Gasteiger partial charge in [-0.3, -0.25) is 9.79 Å². The van der Waals surface area contributed by atoms with Crippen molar-refractivity contribution in [3.05, 3.63) is 29.8 Å². The summed E-state index contributed by atoms with van der Waals surface area (Å²) in [6.45, 7) is 12.2. The number of aryl methyl sites for hydroxylation is 1. The van der Waals surface area contributed by atoms with Gasteiger partial charge in [-0.2, -0.15) is 0 Å². The van der Waals surface area contributed by atoms with Crippen LogP contribution in [0.3, 0.4) is 0 Å². The van der Waals surface area contributed by atoms with Crippen molar-refractivity contribution in [3.63, 3.8) is 0 Å². The molecule has 1 aromatic rings. The first-order valence-electron chi connectivity index (χ1n) is 11.6. The van der Waals surface area contributed by atoms with Crippen LogP contribution in [0.25, 0.3) is 0 Å². The first kappa shape index (κ1) is 24.0. The number of piperidine rings is 1. The van der Waals surface area contributed by atoms with Crippen LogP contribution in [0, 0.1) is 12.8 Å². The zero-order valence-corrected chi connectivity index (χ0v) is 19.2. The van der Waals surface area contributed by atoms with Gasteiger partial charge in [-0.1, -0.05) is 32.0 Å². The highest BCUT2D eigenvalue weighted by atomic mass is 16.5. The second-order valence-corrected chi connectivity index (χ2v) is 7.99. The summed E-state index contributed by atoms with van der Waals surface area (Å²) in [4.78, 5) is 19.3. The fraction of sp³-hybridized carbons (Fsp3) is 0.667. The maximum Gasteiger partial charge on any atom is 0.225 e. The van der Waals surface area contributed by atoms with Gasteiger partial charge in [0.05, 0.1) is 6.61 Å². The molecule has 2 rings (SSSR count). The summed E-state index contributed by atoms with van der Waals surface area (Å²) < 4.78 is 5.85. The summed E-state index contributed by atoms with van der Waals surface area (Å²) in [5, 5.41) is 6.89. The number of benzene rings is 1. The van der Waals surface area contributed by atoms with Crippen LogP contribution in [-0.4, -0.2) is 55.6 Å². The van der Waals surface area contributed by atoms with Crippen LogP contribution >= 0.6 is 0 Å². The number of para-hydroxylation sites is 1. The number of amides is 1. The lowest BCUT2D eigenvalue weighted by Crippen LogP contribution is -2.50. The molecule has 0 aliphatic carbocycles. The molecule has 1 aromatic carbocycles. The molecular weight excluding hydrogens is 376 g/mol. The number of aliphatic imine (C=N–C) groups is 1. The number of guanidine groups is 1. The van der Waals surface area contributed by atoms with E-state index in [1.807, 2.05) is 23.1 Å². The first-order chi connectivity index (χ1) is 14.6. The largest absolute Gasteiger partial charge is 0.493 e. The third kappa shape index (κ3) is 7.54. The highest BCUT2D eigenvalue weighted by Crippen LogP contribution is 2.18. The second-order valence-electron chi connectivity index (χ2n) is 7.99. The molecule has 2 N–H and O–H groups in total. The molecule has 0 unspecified atom stereocenters. The lowest BCUT2D eigenvalue weighted by atomic mass is 9.98. The van der Waals surface area contributed by atoms with Gasteiger partial charge in [0.25, 0.3) is 0 Å². The molecule has 6 nitrogen and oxygen atoms in total. The van der Waals surface area contributed by atoms with Gasteiger partial charge >= 0.3 is 0 Å². The van der Waals surface area contributed by atoms with Crippen molar-refractivity contribution in [2.45, 2.75) is 65.8 Å². The maximum absolute atomic E-state index is 12.6. The fourth-order valence-electron chi connectivity index (χ4n) is 3.81. The number of ether oxygens (including phenoxy) is 1. The van der Waals surface area contributed by atoms with E-state index in [0.29, 0.717) is 25.1 Å². The van der Waals surface area contributed by atoms with Crippen molar-refractivity contribution in [3.8, 4) is 5.75 Å². The normalized spacial score (nSPS) is 15.4. The number of hydrogen-bond donors (Lipinski definition) is 2. The molecule has 1 heterocycles. The van der Waals surface area contributed by atoms with Gasteiger partial charge < -0.3 is 20.3 Å². The van der Waals surface area contributed by atoms with E-state index in [1.165, 1.54) is 0 Å². The number of hydrogen-bond acceptors (Lipinski definition) is 3. The number of nitrogens with zero attached hydrogens (tertiary/aromatic N) is 2. The quantitative estimate of drug-likeness (QED) is 0.346. The number of rotatable bonds is 10. The molecule has 1 amide bonds. The van der Waals surface area contributed by atoms with Crippen LogP contribution < -0.4 is 15.4 Å². The predicted molar refractivity (Wildman–Crippen MR) is 124 cm³/mol. The zero-order chi connectivity index (χ0) is 21.8. The average molecular weight is 417 g/mol. The van der Waals surface area contributed by atoms with E-state index in [1.54, 1.807) is 0 Å². The summed E-state index contributed by atoms with van der Waals surface area (Å²) >= 11 is 0. The number of carbonyl (C=O) groups excluding carboxylic acids is 1. The Hall–Kier alpha value is -2.24. The van der Waals surface area contributed by atoms with E-state index in [4.69, 9.17) is 9.73 Å². The molecule has 0 radical (unpaired) electrons. The summed E-state index contributed by atoms with van der Waals surface area (Å²) in [5.74, 6) is 2.31. The van der Waals surface area contributed by atoms with Crippen molar-refractivity contribution in [1.82, 2.24) is 15.5 Å². The van der Waals surface area contributed by atoms with Crippen molar-refractivity contribution in [2.24, 2.45) is 10.9 Å². The third-order valence-corrected chi connectivity index (χ3v) is 5.75. The second kappa shape index (κ2) is 13.1. The Balaban J connectivity index is 1.74. The van der Waals surface area contributed by atoms with Crippen LogP contribution in [0.4, 0.5) is 0 Å². The number of carbonyl (C=O) groups is 1. The fourth-order valence-corrected chi connectivity index (χ4v) is 3.81. The molecule has 0 atom stereocenters. The summed E-state index contributed by atoms with van der Waals surface area (Å²) in [7, 11) is 0. The SMILES string of the molecule is CCNC(=NCCCOc1ccccc1C)NC1CCN(C(=O)C(CC)CC)CC1. The molecular formula is C24H40N4O2. The Bertz CT molecular complexity index is 665. The molecule has 0 aromatic heterocycles. The van der Waals surface area contributed by atoms with E-state index in [0.717, 1.165) is 69.0 Å². The molecule has 1 aliphatic heterocycles.